The van der Waals surface area contributed by atoms with Gasteiger partial charge in [-0.05, 0) is 30.4 Å². The Kier molecular flexibility index (Phi) is 4.65. The van der Waals surface area contributed by atoms with Crippen LogP contribution in [0, 0.1) is 11.8 Å². The van der Waals surface area contributed by atoms with E-state index in [1.165, 1.54) is 43.9 Å². The van der Waals surface area contributed by atoms with Crippen LogP contribution in [0.15, 0.2) is 23.2 Å². The number of aromatic nitrogens is 1. The van der Waals surface area contributed by atoms with Gasteiger partial charge in [0, 0.05) is 26.8 Å². The summed E-state index contributed by atoms with van der Waals surface area (Å²) in [6, 6.07) is 3.33. The van der Waals surface area contributed by atoms with Crippen molar-refractivity contribution in [3.63, 3.8) is 0 Å². The number of hydrogen-bond donors (Lipinski definition) is 1. The molecule has 112 valence electrons. The minimum Gasteiger partial charge on any atom is -0.370 e. The molecule has 1 aromatic rings. The Morgan fingerprint density at radius 2 is 2.10 bits per heavy atom. The normalized spacial score (nSPS) is 23.2. The van der Waals surface area contributed by atoms with Gasteiger partial charge in [0.15, 0.2) is 0 Å². The molecule has 6 heteroatoms. The van der Waals surface area contributed by atoms with Gasteiger partial charge in [-0.1, -0.05) is 19.8 Å². The highest BCUT2D eigenvalue weighted by Gasteiger charge is 2.23. The predicted molar refractivity (Wildman–Crippen MR) is 80.1 cm³/mol. The number of anilines is 1. The Morgan fingerprint density at radius 3 is 2.60 bits per heavy atom. The van der Waals surface area contributed by atoms with Gasteiger partial charge in [-0.3, -0.25) is 0 Å². The Hall–Kier alpha value is -1.14. The highest BCUT2D eigenvalue weighted by molar-refractivity contribution is 7.89. The molecule has 20 heavy (non-hydrogen) atoms. The van der Waals surface area contributed by atoms with Gasteiger partial charge < -0.3 is 5.32 Å². The van der Waals surface area contributed by atoms with Crippen LogP contribution in [0.1, 0.15) is 26.2 Å². The minimum atomic E-state index is -3.39. The van der Waals surface area contributed by atoms with Crippen LogP contribution in [0.3, 0.4) is 0 Å². The summed E-state index contributed by atoms with van der Waals surface area (Å²) in [4.78, 5) is 4.42. The third kappa shape index (κ3) is 3.30. The van der Waals surface area contributed by atoms with E-state index in [1.807, 2.05) is 0 Å². The van der Waals surface area contributed by atoms with Crippen molar-refractivity contribution in [2.24, 2.45) is 11.8 Å². The molecule has 1 fully saturated rings. The second kappa shape index (κ2) is 6.10. The first-order valence-corrected chi connectivity index (χ1v) is 8.47. The molecule has 1 saturated carbocycles. The van der Waals surface area contributed by atoms with Crippen molar-refractivity contribution in [3.05, 3.63) is 18.3 Å². The Morgan fingerprint density at radius 1 is 1.35 bits per heavy atom. The summed E-state index contributed by atoms with van der Waals surface area (Å²) in [6.07, 6.45) is 5.29. The van der Waals surface area contributed by atoms with Crippen molar-refractivity contribution in [1.29, 1.82) is 0 Å². The smallest absolute Gasteiger partial charge is 0.244 e. The maximum atomic E-state index is 11.9. The number of nitrogens with one attached hydrogen (secondary N) is 1. The molecule has 0 amide bonds. The van der Waals surface area contributed by atoms with Gasteiger partial charge in [-0.15, -0.1) is 0 Å². The molecule has 0 aromatic carbocycles. The van der Waals surface area contributed by atoms with E-state index < -0.39 is 10.0 Å². The second-order valence-corrected chi connectivity index (χ2v) is 7.87. The molecule has 0 radical (unpaired) electrons. The SMILES string of the molecule is CC1CCCC1CNc1ccc(S(=O)(=O)N(C)C)cn1. The molecule has 2 rings (SSSR count). The van der Waals surface area contributed by atoms with E-state index in [-0.39, 0.29) is 4.90 Å². The molecule has 1 N–H and O–H groups in total. The van der Waals surface area contributed by atoms with E-state index >= 15 is 0 Å². The van der Waals surface area contributed by atoms with Crippen molar-refractivity contribution in [1.82, 2.24) is 9.29 Å². The van der Waals surface area contributed by atoms with Crippen LogP contribution in [0.2, 0.25) is 0 Å². The van der Waals surface area contributed by atoms with E-state index in [1.54, 1.807) is 12.1 Å². The standard InChI is InChI=1S/C14H23N3O2S/c1-11-5-4-6-12(11)9-15-14-8-7-13(10-16-14)20(18,19)17(2)3/h7-8,10-12H,4-6,9H2,1-3H3,(H,15,16). The zero-order chi connectivity index (χ0) is 14.8. The first-order chi connectivity index (χ1) is 9.41. The van der Waals surface area contributed by atoms with Crippen molar-refractivity contribution in [2.75, 3.05) is 26.0 Å². The summed E-state index contributed by atoms with van der Waals surface area (Å²) in [5.74, 6) is 2.19. The van der Waals surface area contributed by atoms with E-state index in [0.29, 0.717) is 5.92 Å². The zero-order valence-corrected chi connectivity index (χ0v) is 13.2. The summed E-state index contributed by atoms with van der Waals surface area (Å²) >= 11 is 0. The molecular weight excluding hydrogens is 274 g/mol. The van der Waals surface area contributed by atoms with Gasteiger partial charge in [0.2, 0.25) is 10.0 Å². The number of sulfonamides is 1. The molecule has 1 aromatic heterocycles. The Balaban J connectivity index is 1.98. The van der Waals surface area contributed by atoms with Crippen LogP contribution in [0.5, 0.6) is 0 Å². The van der Waals surface area contributed by atoms with Crippen molar-refractivity contribution in [2.45, 2.75) is 31.1 Å². The second-order valence-electron chi connectivity index (χ2n) is 5.72. The van der Waals surface area contributed by atoms with E-state index in [0.717, 1.165) is 18.3 Å². The van der Waals surface area contributed by atoms with E-state index in [4.69, 9.17) is 0 Å². The fourth-order valence-corrected chi connectivity index (χ4v) is 3.46. The maximum absolute atomic E-state index is 11.9. The minimum absolute atomic E-state index is 0.224. The van der Waals surface area contributed by atoms with Gasteiger partial charge in [0.05, 0.1) is 0 Å². The van der Waals surface area contributed by atoms with Crippen LogP contribution in [0.25, 0.3) is 0 Å². The summed E-state index contributed by atoms with van der Waals surface area (Å²) in [5.41, 5.74) is 0. The first kappa shape index (κ1) is 15.3. The molecule has 0 spiro atoms. The average molecular weight is 297 g/mol. The fraction of sp³-hybridized carbons (Fsp3) is 0.643. The molecule has 1 aliphatic carbocycles. The van der Waals surface area contributed by atoms with E-state index in [9.17, 15) is 8.42 Å². The molecule has 0 bridgehead atoms. The topological polar surface area (TPSA) is 62.3 Å². The average Bonchev–Trinajstić information content (AvgIpc) is 2.82. The third-order valence-electron chi connectivity index (χ3n) is 4.10. The van der Waals surface area contributed by atoms with Crippen LogP contribution in [-0.4, -0.2) is 38.3 Å². The summed E-state index contributed by atoms with van der Waals surface area (Å²) in [7, 11) is -0.356. The molecule has 1 heterocycles. The van der Waals surface area contributed by atoms with Gasteiger partial charge in [0.25, 0.3) is 0 Å². The van der Waals surface area contributed by atoms with E-state index in [2.05, 4.69) is 17.2 Å². The Labute approximate surface area is 121 Å². The molecule has 0 aliphatic heterocycles. The monoisotopic (exact) mass is 297 g/mol. The lowest BCUT2D eigenvalue weighted by Gasteiger charge is -2.16. The largest absolute Gasteiger partial charge is 0.370 e. The first-order valence-electron chi connectivity index (χ1n) is 7.03. The van der Waals surface area contributed by atoms with Crippen LogP contribution in [-0.2, 0) is 10.0 Å². The highest BCUT2D eigenvalue weighted by Crippen LogP contribution is 2.31. The quantitative estimate of drug-likeness (QED) is 0.905. The van der Waals surface area contributed by atoms with Gasteiger partial charge in [0.1, 0.15) is 10.7 Å². The lowest BCUT2D eigenvalue weighted by atomic mass is 9.98. The highest BCUT2D eigenvalue weighted by atomic mass is 32.2. The van der Waals surface area contributed by atoms with Gasteiger partial charge in [-0.2, -0.15) is 0 Å². The summed E-state index contributed by atoms with van der Waals surface area (Å²) < 4.78 is 25.0. The molecule has 5 nitrogen and oxygen atoms in total. The molecule has 2 unspecified atom stereocenters. The summed E-state index contributed by atoms with van der Waals surface area (Å²) in [5, 5.41) is 3.31. The fourth-order valence-electron chi connectivity index (χ4n) is 2.61. The van der Waals surface area contributed by atoms with Gasteiger partial charge >= 0.3 is 0 Å². The van der Waals surface area contributed by atoms with Crippen molar-refractivity contribution >= 4 is 15.8 Å². The Bertz CT molecular complexity index is 540. The summed E-state index contributed by atoms with van der Waals surface area (Å²) in [6.45, 7) is 3.20. The lowest BCUT2D eigenvalue weighted by molar-refractivity contribution is 0.439. The molecule has 2 atom stereocenters. The molecule has 0 saturated heterocycles. The van der Waals surface area contributed by atoms with Crippen LogP contribution in [0.4, 0.5) is 5.82 Å². The van der Waals surface area contributed by atoms with Crippen LogP contribution >= 0.6 is 0 Å². The number of nitrogens with zero attached hydrogens (tertiary/aromatic N) is 2. The van der Waals surface area contributed by atoms with Crippen LogP contribution < -0.4 is 5.32 Å². The molecule has 1 aliphatic rings. The van der Waals surface area contributed by atoms with Gasteiger partial charge in [-0.25, -0.2) is 17.7 Å². The van der Waals surface area contributed by atoms with Crippen molar-refractivity contribution in [3.8, 4) is 0 Å². The maximum Gasteiger partial charge on any atom is 0.244 e. The lowest BCUT2D eigenvalue weighted by Crippen LogP contribution is -2.22. The number of hydrogen-bond acceptors (Lipinski definition) is 4. The third-order valence-corrected chi connectivity index (χ3v) is 5.90. The number of pyridine rings is 1. The zero-order valence-electron chi connectivity index (χ0n) is 12.3. The molecular formula is C14H23N3O2S. The number of rotatable bonds is 5. The predicted octanol–water partition coefficient (Wildman–Crippen LogP) is 2.18. The van der Waals surface area contributed by atoms with Crippen molar-refractivity contribution < 1.29 is 8.42 Å².